The van der Waals surface area contributed by atoms with E-state index < -0.39 is 26.5 Å². The molecule has 0 fully saturated rings. The molecular weight excluding hydrogens is 282 g/mol. The maximum absolute atomic E-state index is 11.0. The molecule has 0 aliphatic heterocycles. The molecule has 1 aromatic carbocycles. The third kappa shape index (κ3) is 2.60. The summed E-state index contributed by atoms with van der Waals surface area (Å²) in [7, 11) is -11.9. The van der Waals surface area contributed by atoms with Crippen molar-refractivity contribution in [2.45, 2.75) is 5.08 Å². The summed E-state index contributed by atoms with van der Waals surface area (Å²) in [6, 6.07) is 4.28. The lowest BCUT2D eigenvalue weighted by molar-refractivity contribution is -0.445. The van der Waals surface area contributed by atoms with Crippen LogP contribution in [-0.2, 0) is 5.08 Å². The van der Waals surface area contributed by atoms with E-state index in [1.165, 1.54) is 18.2 Å². The zero-order chi connectivity index (χ0) is 14.2. The molecule has 9 heteroatoms. The van der Waals surface area contributed by atoms with Gasteiger partial charge in [0, 0.05) is 0 Å². The van der Waals surface area contributed by atoms with Gasteiger partial charge in [-0.3, -0.25) is 4.89 Å². The molecular formula is C9H9O7P2-3. The Balaban J connectivity index is 3.40. The van der Waals surface area contributed by atoms with Crippen molar-refractivity contribution in [3.05, 3.63) is 42.0 Å². The van der Waals surface area contributed by atoms with E-state index in [1.807, 2.05) is 0 Å². The minimum absolute atomic E-state index is 0.506. The standard InChI is InChI=1S/C9H12O7P2/c1-2-7-3-5-8(6-4-7)9(10,17(11,12)13)18(14,15)16/h2-6,10H,1H2,(H2,11,12,13)(H2,14,15,16)/p-3. The second kappa shape index (κ2) is 4.90. The first-order chi connectivity index (χ1) is 8.04. The lowest BCUT2D eigenvalue weighted by Gasteiger charge is -2.57. The van der Waals surface area contributed by atoms with Gasteiger partial charge in [0.2, 0.25) is 0 Å². The van der Waals surface area contributed by atoms with Crippen LogP contribution in [-0.4, -0.2) is 10.00 Å². The SMILES string of the molecule is C=Cc1ccc(C(O)([P+]([O-])([O-])[O-])[P+]([O-])([O-])O)cc1. The minimum atomic E-state index is -6.05. The van der Waals surface area contributed by atoms with E-state index in [1.54, 1.807) is 0 Å². The highest BCUT2D eigenvalue weighted by Crippen LogP contribution is 2.71. The molecule has 0 saturated heterocycles. The Morgan fingerprint density at radius 1 is 1.06 bits per heavy atom. The van der Waals surface area contributed by atoms with Gasteiger partial charge in [0.05, 0.1) is 5.56 Å². The van der Waals surface area contributed by atoms with Gasteiger partial charge in [-0.1, -0.05) is 32.7 Å². The van der Waals surface area contributed by atoms with E-state index in [0.29, 0.717) is 5.56 Å². The van der Waals surface area contributed by atoms with Crippen LogP contribution in [0, 0.1) is 0 Å². The Hall–Kier alpha value is -0.460. The first kappa shape index (κ1) is 15.6. The second-order valence-corrected chi connectivity index (χ2v) is 7.16. The minimum Gasteiger partial charge on any atom is -0.682 e. The largest absolute Gasteiger partial charge is 0.682 e. The van der Waals surface area contributed by atoms with E-state index in [-0.39, 0.29) is 0 Å². The first-order valence-electron chi connectivity index (χ1n) is 4.55. The molecule has 0 amide bonds. The van der Waals surface area contributed by atoms with Crippen molar-refractivity contribution in [2.24, 2.45) is 0 Å². The Labute approximate surface area is 104 Å². The molecule has 0 bridgehead atoms. The van der Waals surface area contributed by atoms with Gasteiger partial charge in [-0.25, -0.2) is 0 Å². The molecule has 0 aliphatic rings. The lowest BCUT2D eigenvalue weighted by Crippen LogP contribution is -2.54. The summed E-state index contributed by atoms with van der Waals surface area (Å²) in [5, 5.41) is 5.70. The average molecular weight is 291 g/mol. The topological polar surface area (TPSA) is 156 Å². The summed E-state index contributed by atoms with van der Waals surface area (Å²) in [4.78, 5) is 63.6. The number of benzene rings is 1. The number of hydrogen-bond donors (Lipinski definition) is 2. The van der Waals surface area contributed by atoms with Crippen LogP contribution >= 0.6 is 15.9 Å². The van der Waals surface area contributed by atoms with Crippen molar-refractivity contribution in [2.75, 3.05) is 0 Å². The molecule has 0 aromatic heterocycles. The van der Waals surface area contributed by atoms with Gasteiger partial charge < -0.3 is 29.6 Å². The fourth-order valence-corrected chi connectivity index (χ4v) is 3.50. The summed E-state index contributed by atoms with van der Waals surface area (Å²) in [5.74, 6) is 0. The van der Waals surface area contributed by atoms with Crippen molar-refractivity contribution in [1.29, 1.82) is 0 Å². The van der Waals surface area contributed by atoms with Crippen molar-refractivity contribution < 1.29 is 34.5 Å². The summed E-state index contributed by atoms with van der Waals surface area (Å²) in [6.07, 6.45) is 1.38. The quantitative estimate of drug-likeness (QED) is 0.551. The normalized spacial score (nSPS) is 16.2. The Kier molecular flexibility index (Phi) is 4.25. The van der Waals surface area contributed by atoms with Gasteiger partial charge in [0.1, 0.15) is 7.94 Å². The smallest absolute Gasteiger partial charge is 0.299 e. The molecule has 0 saturated carbocycles. The molecule has 2 N–H and O–H groups in total. The van der Waals surface area contributed by atoms with E-state index in [4.69, 9.17) is 4.89 Å². The van der Waals surface area contributed by atoms with Crippen LogP contribution in [0.4, 0.5) is 0 Å². The third-order valence-corrected chi connectivity index (χ3v) is 5.87. The number of rotatable bonds is 4. The molecule has 0 aliphatic carbocycles. The highest BCUT2D eigenvalue weighted by Gasteiger charge is 2.52. The van der Waals surface area contributed by atoms with Crippen LogP contribution in [0.3, 0.4) is 0 Å². The van der Waals surface area contributed by atoms with Crippen molar-refractivity contribution >= 4 is 22.0 Å². The molecule has 1 atom stereocenters. The first-order valence-corrected chi connectivity index (χ1v) is 7.67. The van der Waals surface area contributed by atoms with Gasteiger partial charge in [0.15, 0.2) is 0 Å². The van der Waals surface area contributed by atoms with Crippen LogP contribution in [0.1, 0.15) is 11.1 Å². The zero-order valence-corrected chi connectivity index (χ0v) is 10.7. The molecule has 1 rings (SSSR count). The highest BCUT2D eigenvalue weighted by atomic mass is 31.3. The Morgan fingerprint density at radius 2 is 1.50 bits per heavy atom. The van der Waals surface area contributed by atoms with Gasteiger partial charge in [-0.15, -0.1) is 0 Å². The lowest BCUT2D eigenvalue weighted by atomic mass is 10.1. The fourth-order valence-electron chi connectivity index (χ4n) is 1.32. The van der Waals surface area contributed by atoms with Crippen LogP contribution in [0.25, 0.3) is 6.08 Å². The molecule has 0 radical (unpaired) electrons. The summed E-state index contributed by atoms with van der Waals surface area (Å²) >= 11 is 0. The summed E-state index contributed by atoms with van der Waals surface area (Å²) in [6.45, 7) is 3.41. The van der Waals surface area contributed by atoms with Crippen LogP contribution in [0.2, 0.25) is 0 Å². The predicted molar refractivity (Wildman–Crippen MR) is 56.5 cm³/mol. The van der Waals surface area contributed by atoms with Gasteiger partial charge in [0.25, 0.3) is 5.08 Å². The molecule has 0 spiro atoms. The van der Waals surface area contributed by atoms with E-state index in [0.717, 1.165) is 12.1 Å². The molecule has 100 valence electrons. The molecule has 1 unspecified atom stereocenters. The molecule has 18 heavy (non-hydrogen) atoms. The molecule has 7 nitrogen and oxygen atoms in total. The maximum Gasteiger partial charge on any atom is 0.299 e. The molecule has 1 aromatic rings. The monoisotopic (exact) mass is 291 g/mol. The van der Waals surface area contributed by atoms with Crippen LogP contribution < -0.4 is 24.5 Å². The highest BCUT2D eigenvalue weighted by molar-refractivity contribution is 7.74. The Morgan fingerprint density at radius 3 is 1.78 bits per heavy atom. The summed E-state index contributed by atoms with van der Waals surface area (Å²) < 4.78 is 0. The molecule has 0 heterocycles. The van der Waals surface area contributed by atoms with E-state index >= 15 is 0 Å². The van der Waals surface area contributed by atoms with Crippen molar-refractivity contribution in [3.63, 3.8) is 0 Å². The fraction of sp³-hybridized carbons (Fsp3) is 0.111. The van der Waals surface area contributed by atoms with Crippen molar-refractivity contribution in [3.8, 4) is 0 Å². The van der Waals surface area contributed by atoms with Gasteiger partial charge in [-0.05, 0) is 17.7 Å². The maximum atomic E-state index is 11.0. The number of aliphatic hydroxyl groups is 1. The predicted octanol–water partition coefficient (Wildman–Crippen LogP) is -3.25. The van der Waals surface area contributed by atoms with Crippen molar-refractivity contribution in [1.82, 2.24) is 0 Å². The summed E-state index contributed by atoms with van der Waals surface area (Å²) in [5.41, 5.74) is -0.242. The average Bonchev–Trinajstić information content (AvgIpc) is 2.25. The van der Waals surface area contributed by atoms with E-state index in [9.17, 15) is 29.6 Å². The van der Waals surface area contributed by atoms with Crippen LogP contribution in [0.15, 0.2) is 30.8 Å². The number of hydrogen-bond acceptors (Lipinski definition) is 7. The third-order valence-electron chi connectivity index (χ3n) is 2.31. The Bertz CT molecular complexity index is 418. The van der Waals surface area contributed by atoms with Crippen LogP contribution in [0.5, 0.6) is 0 Å². The van der Waals surface area contributed by atoms with Gasteiger partial charge >= 0.3 is 0 Å². The second-order valence-electron chi connectivity index (χ2n) is 3.48. The zero-order valence-electron chi connectivity index (χ0n) is 8.92. The van der Waals surface area contributed by atoms with Gasteiger partial charge in [-0.2, -0.15) is 0 Å². The van der Waals surface area contributed by atoms with E-state index in [2.05, 4.69) is 6.58 Å².